The summed E-state index contributed by atoms with van der Waals surface area (Å²) >= 11 is 0. The zero-order valence-electron chi connectivity index (χ0n) is 8.78. The summed E-state index contributed by atoms with van der Waals surface area (Å²) in [6.07, 6.45) is 6.86. The number of rotatable bonds is 2. The lowest BCUT2D eigenvalue weighted by molar-refractivity contribution is 0.703. The van der Waals surface area contributed by atoms with Gasteiger partial charge in [0.15, 0.2) is 0 Å². The summed E-state index contributed by atoms with van der Waals surface area (Å²) in [7, 11) is -0.128. The van der Waals surface area contributed by atoms with Crippen LogP contribution in [0.25, 0.3) is 0 Å². The first-order valence-electron chi connectivity index (χ1n) is 4.91. The van der Waals surface area contributed by atoms with E-state index in [0.717, 1.165) is 5.54 Å². The molecule has 1 atom stereocenters. The molecule has 0 saturated carbocycles. The Labute approximate surface area is 80.3 Å². The lowest BCUT2D eigenvalue weighted by atomic mass is 10.1. The fourth-order valence-corrected chi connectivity index (χ4v) is 4.29. The van der Waals surface area contributed by atoms with Gasteiger partial charge >= 0.3 is 0 Å². The van der Waals surface area contributed by atoms with Crippen molar-refractivity contribution in [2.75, 3.05) is 0 Å². The Hall–Kier alpha value is 0.174. The van der Waals surface area contributed by atoms with Crippen molar-refractivity contribution in [3.63, 3.8) is 0 Å². The van der Waals surface area contributed by atoms with E-state index < -0.39 is 0 Å². The van der Waals surface area contributed by atoms with E-state index >= 15 is 0 Å². The molecule has 0 saturated heterocycles. The summed E-state index contributed by atoms with van der Waals surface area (Å²) in [5.41, 5.74) is 1.07. The van der Waals surface area contributed by atoms with Crippen LogP contribution in [-0.2, 0) is 0 Å². The van der Waals surface area contributed by atoms with Crippen molar-refractivity contribution in [3.8, 4) is 0 Å². The predicted octanol–water partition coefficient (Wildman–Crippen LogP) is 3.51. The zero-order chi connectivity index (χ0) is 9.14. The second-order valence-electron chi connectivity index (χ2n) is 4.28. The SMILES string of the molecule is C[Si](C)C1=CCC([Si](C)C)CC1. The van der Waals surface area contributed by atoms with E-state index in [1.165, 1.54) is 19.3 Å². The summed E-state index contributed by atoms with van der Waals surface area (Å²) in [4.78, 5) is 0. The van der Waals surface area contributed by atoms with Crippen molar-refractivity contribution in [1.82, 2.24) is 0 Å². The van der Waals surface area contributed by atoms with Gasteiger partial charge in [-0.25, -0.2) is 0 Å². The van der Waals surface area contributed by atoms with Crippen LogP contribution in [0.4, 0.5) is 0 Å². The third kappa shape index (κ3) is 2.59. The van der Waals surface area contributed by atoms with Crippen LogP contribution < -0.4 is 0 Å². The third-order valence-corrected chi connectivity index (χ3v) is 6.77. The molecule has 0 N–H and O–H groups in total. The highest BCUT2D eigenvalue weighted by atomic mass is 28.3. The predicted molar refractivity (Wildman–Crippen MR) is 60.6 cm³/mol. The molecule has 0 fully saturated rings. The topological polar surface area (TPSA) is 0 Å². The van der Waals surface area contributed by atoms with Crippen LogP contribution >= 0.6 is 0 Å². The molecular formula is C10H20Si2. The maximum atomic E-state index is 2.56. The molecule has 0 amide bonds. The van der Waals surface area contributed by atoms with Crippen LogP contribution in [0.15, 0.2) is 11.3 Å². The molecule has 12 heavy (non-hydrogen) atoms. The van der Waals surface area contributed by atoms with Gasteiger partial charge in [-0.2, -0.15) is 0 Å². The summed E-state index contributed by atoms with van der Waals surface area (Å²) in [6, 6.07) is 0. The molecule has 1 aliphatic carbocycles. The molecule has 0 heterocycles. The maximum absolute atomic E-state index is 2.56. The summed E-state index contributed by atoms with van der Waals surface area (Å²) in [5.74, 6) is 0. The van der Waals surface area contributed by atoms with Crippen molar-refractivity contribution in [1.29, 1.82) is 0 Å². The lowest BCUT2D eigenvalue weighted by Crippen LogP contribution is -2.18. The van der Waals surface area contributed by atoms with E-state index in [4.69, 9.17) is 0 Å². The Kier molecular flexibility index (Phi) is 3.78. The molecule has 0 aromatic heterocycles. The average Bonchev–Trinajstić information content (AvgIpc) is 2.04. The minimum absolute atomic E-state index is 0.0170. The largest absolute Gasteiger partial charge is 0.0894 e. The van der Waals surface area contributed by atoms with Crippen LogP contribution in [0.5, 0.6) is 0 Å². The van der Waals surface area contributed by atoms with Crippen molar-refractivity contribution in [2.24, 2.45) is 0 Å². The highest BCUT2D eigenvalue weighted by molar-refractivity contribution is 6.64. The number of hydrogen-bond donors (Lipinski definition) is 0. The van der Waals surface area contributed by atoms with Gasteiger partial charge in [0.1, 0.15) is 0 Å². The molecule has 0 nitrogen and oxygen atoms in total. The third-order valence-electron chi connectivity index (χ3n) is 2.87. The van der Waals surface area contributed by atoms with Crippen molar-refractivity contribution in [2.45, 2.75) is 51.0 Å². The summed E-state index contributed by atoms with van der Waals surface area (Å²) in [6.45, 7) is 9.75. The van der Waals surface area contributed by atoms with Crippen molar-refractivity contribution < 1.29 is 0 Å². The monoisotopic (exact) mass is 196 g/mol. The zero-order valence-corrected chi connectivity index (χ0v) is 10.8. The van der Waals surface area contributed by atoms with Gasteiger partial charge in [0, 0.05) is 8.80 Å². The molecule has 0 aromatic carbocycles. The first-order chi connectivity index (χ1) is 5.61. The molecule has 0 spiro atoms. The molecule has 1 unspecified atom stereocenters. The van der Waals surface area contributed by atoms with E-state index in [0.29, 0.717) is 0 Å². The van der Waals surface area contributed by atoms with Crippen molar-refractivity contribution >= 4 is 17.6 Å². The molecular weight excluding hydrogens is 176 g/mol. The maximum Gasteiger partial charge on any atom is 0.0732 e. The minimum Gasteiger partial charge on any atom is -0.0894 e. The highest BCUT2D eigenvalue weighted by Crippen LogP contribution is 2.31. The molecule has 2 heteroatoms. The molecule has 2 radical (unpaired) electrons. The number of hydrogen-bond acceptors (Lipinski definition) is 0. The molecule has 1 aliphatic rings. The highest BCUT2D eigenvalue weighted by Gasteiger charge is 2.19. The molecule has 1 rings (SSSR count). The van der Waals surface area contributed by atoms with E-state index in [-0.39, 0.29) is 17.6 Å². The van der Waals surface area contributed by atoms with Gasteiger partial charge in [0.25, 0.3) is 0 Å². The van der Waals surface area contributed by atoms with Gasteiger partial charge in [-0.05, 0) is 24.8 Å². The van der Waals surface area contributed by atoms with Gasteiger partial charge < -0.3 is 0 Å². The van der Waals surface area contributed by atoms with Crippen LogP contribution in [0.3, 0.4) is 0 Å². The van der Waals surface area contributed by atoms with Crippen LogP contribution in [0, 0.1) is 0 Å². The van der Waals surface area contributed by atoms with Gasteiger partial charge in [0.05, 0.1) is 8.80 Å². The fraction of sp³-hybridized carbons (Fsp3) is 0.800. The minimum atomic E-state index is -0.111. The summed E-state index contributed by atoms with van der Waals surface area (Å²) in [5, 5.41) is 1.81. The fourth-order valence-electron chi connectivity index (χ4n) is 1.81. The second-order valence-corrected chi connectivity index (χ2v) is 9.89. The van der Waals surface area contributed by atoms with Crippen LogP contribution in [-0.4, -0.2) is 17.6 Å². The van der Waals surface area contributed by atoms with Gasteiger partial charge in [-0.1, -0.05) is 37.5 Å². The Morgan fingerprint density at radius 2 is 1.92 bits per heavy atom. The Morgan fingerprint density at radius 3 is 2.25 bits per heavy atom. The molecule has 0 bridgehead atoms. The standard InChI is InChI=1S/C10H20Si2/c1-11(2)9-5-7-10(8-6-9)12(3)4/h5,10H,6-8H2,1-4H3. The number of allylic oxidation sites excluding steroid dienone is 2. The smallest absolute Gasteiger partial charge is 0.0732 e. The molecule has 0 aromatic rings. The first-order valence-corrected chi connectivity index (χ1v) is 9.98. The Bertz CT molecular complexity index is 171. The lowest BCUT2D eigenvalue weighted by Gasteiger charge is -2.25. The Balaban J connectivity index is 2.47. The van der Waals surface area contributed by atoms with Gasteiger partial charge in [-0.3, -0.25) is 0 Å². The summed E-state index contributed by atoms with van der Waals surface area (Å²) < 4.78 is 0. The van der Waals surface area contributed by atoms with Crippen molar-refractivity contribution in [3.05, 3.63) is 11.3 Å². The quantitative estimate of drug-likeness (QED) is 0.593. The van der Waals surface area contributed by atoms with Gasteiger partial charge in [-0.15, -0.1) is 0 Å². The van der Waals surface area contributed by atoms with Gasteiger partial charge in [0.2, 0.25) is 0 Å². The average molecular weight is 196 g/mol. The Morgan fingerprint density at radius 1 is 1.25 bits per heavy atom. The van der Waals surface area contributed by atoms with E-state index in [2.05, 4.69) is 32.3 Å². The second kappa shape index (κ2) is 4.42. The normalized spacial score (nSPS) is 24.8. The van der Waals surface area contributed by atoms with Crippen LogP contribution in [0.2, 0.25) is 31.7 Å². The van der Waals surface area contributed by atoms with E-state index in [9.17, 15) is 0 Å². The van der Waals surface area contributed by atoms with E-state index in [1.807, 2.05) is 0 Å². The molecule has 68 valence electrons. The van der Waals surface area contributed by atoms with E-state index in [1.54, 1.807) is 5.20 Å². The molecule has 0 aliphatic heterocycles. The first kappa shape index (κ1) is 10.3. The van der Waals surface area contributed by atoms with Crippen LogP contribution in [0.1, 0.15) is 19.3 Å².